The molecule has 1 aromatic heterocycles. The standard InChI is InChI=1S/C13H17Cl2NO.C8H9NOS/c1-2-16-7-5-10(6-8-16)17-11-3-4-12(14)13(15)9-11;1-6(10)7-4-3-5-9-8(7)11-2/h3-4,9-10H,2,5-8H2,1H3;3-5H,1-2H3. The van der Waals surface area contributed by atoms with Gasteiger partial charge >= 0.3 is 0 Å². The molecule has 4 nitrogen and oxygen atoms in total. The highest BCUT2D eigenvalue weighted by Crippen LogP contribution is 2.28. The van der Waals surface area contributed by atoms with Gasteiger partial charge in [-0.25, -0.2) is 4.98 Å². The van der Waals surface area contributed by atoms with Crippen LogP contribution in [0.25, 0.3) is 0 Å². The highest BCUT2D eigenvalue weighted by atomic mass is 35.5. The zero-order valence-corrected chi connectivity index (χ0v) is 18.8. The Morgan fingerprint density at radius 1 is 1.25 bits per heavy atom. The van der Waals surface area contributed by atoms with Crippen LogP contribution in [0.1, 0.15) is 37.0 Å². The van der Waals surface area contributed by atoms with E-state index in [2.05, 4.69) is 16.8 Å². The smallest absolute Gasteiger partial charge is 0.162 e. The van der Waals surface area contributed by atoms with E-state index in [1.165, 1.54) is 11.8 Å². The number of piperidine rings is 1. The maximum atomic E-state index is 11.0. The Morgan fingerprint density at radius 2 is 1.96 bits per heavy atom. The third-order valence-corrected chi connectivity index (χ3v) is 5.97. The molecule has 0 unspecified atom stereocenters. The molecule has 0 amide bonds. The summed E-state index contributed by atoms with van der Waals surface area (Å²) in [6.45, 7) is 7.10. The molecule has 0 saturated carbocycles. The molecule has 1 aromatic carbocycles. The zero-order chi connectivity index (χ0) is 20.5. The number of benzene rings is 1. The van der Waals surface area contributed by atoms with Crippen LogP contribution < -0.4 is 4.74 Å². The van der Waals surface area contributed by atoms with Crippen molar-refractivity contribution in [3.8, 4) is 5.75 Å². The fourth-order valence-electron chi connectivity index (χ4n) is 2.91. The summed E-state index contributed by atoms with van der Waals surface area (Å²) in [5.74, 6) is 0.886. The summed E-state index contributed by atoms with van der Waals surface area (Å²) in [4.78, 5) is 17.5. The van der Waals surface area contributed by atoms with Crippen LogP contribution in [-0.4, -0.2) is 47.7 Å². The minimum Gasteiger partial charge on any atom is -0.490 e. The summed E-state index contributed by atoms with van der Waals surface area (Å²) in [7, 11) is 0. The molecule has 2 heterocycles. The lowest BCUT2D eigenvalue weighted by atomic mass is 10.1. The molecule has 1 aliphatic heterocycles. The van der Waals surface area contributed by atoms with Crippen LogP contribution in [0.2, 0.25) is 10.0 Å². The third-order valence-electron chi connectivity index (χ3n) is 4.52. The van der Waals surface area contributed by atoms with Gasteiger partial charge in [-0.1, -0.05) is 30.1 Å². The van der Waals surface area contributed by atoms with Gasteiger partial charge in [-0.05, 0) is 56.8 Å². The van der Waals surface area contributed by atoms with E-state index in [4.69, 9.17) is 27.9 Å². The minimum absolute atomic E-state index is 0.0717. The quantitative estimate of drug-likeness (QED) is 0.429. The fraction of sp³-hybridized carbons (Fsp3) is 0.429. The number of hydrogen-bond donors (Lipinski definition) is 0. The minimum atomic E-state index is 0.0717. The molecule has 1 aliphatic rings. The van der Waals surface area contributed by atoms with Crippen molar-refractivity contribution in [1.29, 1.82) is 0 Å². The highest BCUT2D eigenvalue weighted by Gasteiger charge is 2.19. The van der Waals surface area contributed by atoms with Gasteiger partial charge in [0.05, 0.1) is 10.0 Å². The number of carbonyl (C=O) groups is 1. The maximum absolute atomic E-state index is 11.0. The first-order chi connectivity index (χ1) is 13.4. The predicted octanol–water partition coefficient (Wildman–Crippen LogP) is 5.86. The van der Waals surface area contributed by atoms with Crippen LogP contribution in [0.15, 0.2) is 41.6 Å². The van der Waals surface area contributed by atoms with E-state index in [-0.39, 0.29) is 5.78 Å². The Morgan fingerprint density at radius 3 is 2.50 bits per heavy atom. The van der Waals surface area contributed by atoms with Gasteiger partial charge in [-0.15, -0.1) is 11.8 Å². The number of likely N-dealkylation sites (tertiary alicyclic amines) is 1. The molecular formula is C21H26Cl2N2O2S. The van der Waals surface area contributed by atoms with Gasteiger partial charge in [-0.2, -0.15) is 0 Å². The topological polar surface area (TPSA) is 42.4 Å². The molecule has 2 aromatic rings. The van der Waals surface area contributed by atoms with Crippen molar-refractivity contribution in [3.05, 3.63) is 52.1 Å². The number of ether oxygens (including phenoxy) is 1. The van der Waals surface area contributed by atoms with Crippen molar-refractivity contribution in [2.24, 2.45) is 0 Å². The SMILES string of the molecule is CCN1CCC(Oc2ccc(Cl)c(Cl)c2)CC1.CSc1ncccc1C(C)=O. The Kier molecular flexibility index (Phi) is 9.59. The van der Waals surface area contributed by atoms with Crippen molar-refractivity contribution < 1.29 is 9.53 Å². The van der Waals surface area contributed by atoms with Crippen LogP contribution in [0.5, 0.6) is 5.75 Å². The van der Waals surface area contributed by atoms with Crippen LogP contribution in [0.4, 0.5) is 0 Å². The third kappa shape index (κ3) is 6.96. The first-order valence-electron chi connectivity index (χ1n) is 9.28. The van der Waals surface area contributed by atoms with Gasteiger partial charge in [-0.3, -0.25) is 4.79 Å². The lowest BCUT2D eigenvalue weighted by Crippen LogP contribution is -2.37. The molecular weight excluding hydrogens is 415 g/mol. The van der Waals surface area contributed by atoms with Gasteiger partial charge in [0, 0.05) is 30.9 Å². The van der Waals surface area contributed by atoms with E-state index in [9.17, 15) is 4.79 Å². The van der Waals surface area contributed by atoms with E-state index in [1.807, 2.05) is 12.3 Å². The molecule has 28 heavy (non-hydrogen) atoms. The van der Waals surface area contributed by atoms with Crippen LogP contribution in [-0.2, 0) is 0 Å². The molecule has 3 rings (SSSR count). The summed E-state index contributed by atoms with van der Waals surface area (Å²) in [6.07, 6.45) is 6.06. The fourth-order valence-corrected chi connectivity index (χ4v) is 3.79. The summed E-state index contributed by atoms with van der Waals surface area (Å²) in [5.41, 5.74) is 0.708. The average molecular weight is 441 g/mol. The van der Waals surface area contributed by atoms with E-state index < -0.39 is 0 Å². The van der Waals surface area contributed by atoms with Crippen molar-refractivity contribution >= 4 is 40.7 Å². The molecule has 0 bridgehead atoms. The molecule has 0 N–H and O–H groups in total. The number of rotatable bonds is 5. The normalized spacial score (nSPS) is 14.9. The molecule has 0 atom stereocenters. The van der Waals surface area contributed by atoms with E-state index in [0.717, 1.165) is 43.3 Å². The molecule has 0 aliphatic carbocycles. The first kappa shape index (κ1) is 23.0. The highest BCUT2D eigenvalue weighted by molar-refractivity contribution is 7.98. The number of pyridine rings is 1. The second-order valence-electron chi connectivity index (χ2n) is 6.44. The number of carbonyl (C=O) groups excluding carboxylic acids is 1. The number of halogens is 2. The van der Waals surface area contributed by atoms with Crippen molar-refractivity contribution in [2.75, 3.05) is 25.9 Å². The summed E-state index contributed by atoms with van der Waals surface area (Å²) >= 11 is 13.3. The number of ketones is 1. The van der Waals surface area contributed by atoms with E-state index >= 15 is 0 Å². The number of thioether (sulfide) groups is 1. The molecule has 152 valence electrons. The molecule has 0 radical (unpaired) electrons. The molecule has 7 heteroatoms. The van der Waals surface area contributed by atoms with Gasteiger partial charge in [0.1, 0.15) is 16.9 Å². The Labute approximate surface area is 181 Å². The van der Waals surface area contributed by atoms with E-state index in [0.29, 0.717) is 21.7 Å². The second kappa shape index (κ2) is 11.7. The number of hydrogen-bond acceptors (Lipinski definition) is 5. The van der Waals surface area contributed by atoms with Crippen molar-refractivity contribution in [3.63, 3.8) is 0 Å². The summed E-state index contributed by atoms with van der Waals surface area (Å²) < 4.78 is 5.91. The monoisotopic (exact) mass is 440 g/mol. The van der Waals surface area contributed by atoms with E-state index in [1.54, 1.807) is 37.4 Å². The number of Topliss-reactive ketones (excluding diaryl/α,β-unsaturated/α-hetero) is 1. The Balaban J connectivity index is 0.000000221. The van der Waals surface area contributed by atoms with Crippen molar-refractivity contribution in [2.45, 2.75) is 37.8 Å². The summed E-state index contributed by atoms with van der Waals surface area (Å²) in [5, 5.41) is 1.93. The lowest BCUT2D eigenvalue weighted by molar-refractivity contribution is 0.101. The van der Waals surface area contributed by atoms with Gasteiger partial charge in [0.2, 0.25) is 0 Å². The van der Waals surface area contributed by atoms with Crippen molar-refractivity contribution in [1.82, 2.24) is 9.88 Å². The average Bonchev–Trinajstić information content (AvgIpc) is 2.71. The Bertz CT molecular complexity index is 781. The van der Waals surface area contributed by atoms with Gasteiger partial charge in [0.15, 0.2) is 5.78 Å². The first-order valence-corrected chi connectivity index (χ1v) is 11.3. The number of aromatic nitrogens is 1. The van der Waals surface area contributed by atoms with Crippen LogP contribution in [0, 0.1) is 0 Å². The van der Waals surface area contributed by atoms with Gasteiger partial charge < -0.3 is 9.64 Å². The van der Waals surface area contributed by atoms with Gasteiger partial charge in [0.25, 0.3) is 0 Å². The lowest BCUT2D eigenvalue weighted by Gasteiger charge is -2.31. The second-order valence-corrected chi connectivity index (χ2v) is 8.05. The Hall–Kier alpha value is -1.27. The molecule has 0 spiro atoms. The molecule has 1 fully saturated rings. The molecule has 1 saturated heterocycles. The number of nitrogens with zero attached hydrogens (tertiary/aromatic N) is 2. The largest absolute Gasteiger partial charge is 0.490 e. The summed E-state index contributed by atoms with van der Waals surface area (Å²) in [6, 6.07) is 9.01. The van der Waals surface area contributed by atoms with Crippen LogP contribution >= 0.6 is 35.0 Å². The van der Waals surface area contributed by atoms with Crippen LogP contribution in [0.3, 0.4) is 0 Å². The maximum Gasteiger partial charge on any atom is 0.162 e. The zero-order valence-electron chi connectivity index (χ0n) is 16.5. The predicted molar refractivity (Wildman–Crippen MR) is 118 cm³/mol.